The van der Waals surface area contributed by atoms with Gasteiger partial charge in [0.2, 0.25) is 0 Å². The van der Waals surface area contributed by atoms with Gasteiger partial charge in [0, 0.05) is 6.42 Å². The highest BCUT2D eigenvalue weighted by Crippen LogP contribution is 2.12. The highest BCUT2D eigenvalue weighted by molar-refractivity contribution is 5.69. The van der Waals surface area contributed by atoms with E-state index in [1.54, 1.807) is 0 Å². The Hall–Kier alpha value is -0.790. The molecule has 0 spiro atoms. The van der Waals surface area contributed by atoms with E-state index < -0.39 is 0 Å². The van der Waals surface area contributed by atoms with Crippen LogP contribution in [-0.4, -0.2) is 12.6 Å². The maximum atomic E-state index is 11.1. The molecule has 0 fully saturated rings. The van der Waals surface area contributed by atoms with Crippen molar-refractivity contribution in [2.24, 2.45) is 5.92 Å². The summed E-state index contributed by atoms with van der Waals surface area (Å²) in [4.78, 5) is 11.1. The van der Waals surface area contributed by atoms with E-state index in [2.05, 4.69) is 26.8 Å². The number of rotatable bonds is 6. The molecule has 0 unspecified atom stereocenters. The van der Waals surface area contributed by atoms with Gasteiger partial charge in [-0.3, -0.25) is 4.79 Å². The quantitative estimate of drug-likeness (QED) is 0.483. The molecule has 0 aliphatic heterocycles. The molecule has 0 rings (SSSR count). The molecule has 0 aliphatic rings. The number of hydrogen-bond donors (Lipinski definition) is 0. The fraction of sp³-hybridized carbons (Fsp3) is 0.750. The molecule has 2 heteroatoms. The number of carbonyl (C=O) groups is 1. The summed E-state index contributed by atoms with van der Waals surface area (Å²) in [6, 6.07) is 0. The molecule has 0 bridgehead atoms. The minimum Gasteiger partial charge on any atom is -0.466 e. The molecule has 0 N–H and O–H groups in total. The standard InChI is InChI=1S/C12H22O2/c1-5-14-12(13)9-11(4)8-6-7-10(2)3/h7,11H,5-6,8-9H2,1-4H3/t11-/m0/s1. The third kappa shape index (κ3) is 7.84. The second kappa shape index (κ2) is 7.60. The molecule has 0 amide bonds. The van der Waals surface area contributed by atoms with Gasteiger partial charge in [0.05, 0.1) is 6.61 Å². The van der Waals surface area contributed by atoms with Crippen molar-refractivity contribution < 1.29 is 9.53 Å². The minimum absolute atomic E-state index is 0.0720. The Morgan fingerprint density at radius 3 is 2.57 bits per heavy atom. The number of esters is 1. The zero-order valence-electron chi connectivity index (χ0n) is 9.80. The Labute approximate surface area is 87.3 Å². The lowest BCUT2D eigenvalue weighted by atomic mass is 10.0. The molecule has 14 heavy (non-hydrogen) atoms. The molecule has 82 valence electrons. The Morgan fingerprint density at radius 1 is 1.43 bits per heavy atom. The van der Waals surface area contributed by atoms with Crippen LogP contribution < -0.4 is 0 Å². The first-order valence-corrected chi connectivity index (χ1v) is 5.35. The van der Waals surface area contributed by atoms with Crippen LogP contribution >= 0.6 is 0 Å². The maximum absolute atomic E-state index is 11.1. The molecule has 1 atom stereocenters. The van der Waals surface area contributed by atoms with Gasteiger partial charge in [0.25, 0.3) is 0 Å². The molecule has 0 aliphatic carbocycles. The Kier molecular flexibility index (Phi) is 7.17. The van der Waals surface area contributed by atoms with Crippen molar-refractivity contribution >= 4 is 5.97 Å². The Bertz CT molecular complexity index is 190. The van der Waals surface area contributed by atoms with Crippen LogP contribution in [-0.2, 0) is 9.53 Å². The molecule has 0 heterocycles. The van der Waals surface area contributed by atoms with Crippen molar-refractivity contribution in [2.45, 2.75) is 47.0 Å². The van der Waals surface area contributed by atoms with Gasteiger partial charge in [-0.15, -0.1) is 0 Å². The molecule has 0 aromatic heterocycles. The predicted molar refractivity (Wildman–Crippen MR) is 59.1 cm³/mol. The van der Waals surface area contributed by atoms with Gasteiger partial charge in [-0.2, -0.15) is 0 Å². The maximum Gasteiger partial charge on any atom is 0.306 e. The van der Waals surface area contributed by atoms with Crippen LogP contribution in [0.5, 0.6) is 0 Å². The zero-order chi connectivity index (χ0) is 11.0. The van der Waals surface area contributed by atoms with Gasteiger partial charge < -0.3 is 4.74 Å². The lowest BCUT2D eigenvalue weighted by Gasteiger charge is -2.08. The molecule has 0 aromatic rings. The van der Waals surface area contributed by atoms with Crippen LogP contribution in [0.4, 0.5) is 0 Å². The summed E-state index contributed by atoms with van der Waals surface area (Å²) in [6.45, 7) is 8.60. The van der Waals surface area contributed by atoms with Gasteiger partial charge in [-0.1, -0.05) is 18.6 Å². The molecule has 0 saturated heterocycles. The summed E-state index contributed by atoms with van der Waals surface area (Å²) in [7, 11) is 0. The smallest absolute Gasteiger partial charge is 0.306 e. The second-order valence-electron chi connectivity index (χ2n) is 3.97. The van der Waals surface area contributed by atoms with Crippen LogP contribution in [0.3, 0.4) is 0 Å². The van der Waals surface area contributed by atoms with Crippen LogP contribution in [0.2, 0.25) is 0 Å². The topological polar surface area (TPSA) is 26.3 Å². The molecule has 0 aromatic carbocycles. The van der Waals surface area contributed by atoms with Crippen LogP contribution in [0, 0.1) is 5.92 Å². The van der Waals surface area contributed by atoms with Gasteiger partial charge in [-0.05, 0) is 39.5 Å². The van der Waals surface area contributed by atoms with E-state index in [0.717, 1.165) is 12.8 Å². The summed E-state index contributed by atoms with van der Waals surface area (Å²) in [5, 5.41) is 0. The minimum atomic E-state index is -0.0720. The lowest BCUT2D eigenvalue weighted by molar-refractivity contribution is -0.144. The highest BCUT2D eigenvalue weighted by Gasteiger charge is 2.08. The fourth-order valence-corrected chi connectivity index (χ4v) is 1.26. The Balaban J connectivity index is 3.59. The van der Waals surface area contributed by atoms with Gasteiger partial charge >= 0.3 is 5.97 Å². The average molecular weight is 198 g/mol. The highest BCUT2D eigenvalue weighted by atomic mass is 16.5. The number of ether oxygens (including phenoxy) is 1. The number of carbonyl (C=O) groups excluding carboxylic acids is 1. The van der Waals surface area contributed by atoms with Gasteiger partial charge in [0.1, 0.15) is 0 Å². The molecule has 2 nitrogen and oxygen atoms in total. The van der Waals surface area contributed by atoms with E-state index in [4.69, 9.17) is 4.74 Å². The monoisotopic (exact) mass is 198 g/mol. The largest absolute Gasteiger partial charge is 0.466 e. The van der Waals surface area contributed by atoms with Crippen molar-refractivity contribution in [1.29, 1.82) is 0 Å². The SMILES string of the molecule is CCOC(=O)C[C@@H](C)CCC=C(C)C. The van der Waals surface area contributed by atoms with E-state index in [1.165, 1.54) is 5.57 Å². The van der Waals surface area contributed by atoms with Crippen LogP contribution in [0.25, 0.3) is 0 Å². The Morgan fingerprint density at radius 2 is 2.07 bits per heavy atom. The third-order valence-electron chi connectivity index (χ3n) is 2.03. The van der Waals surface area contributed by atoms with Crippen molar-refractivity contribution in [2.75, 3.05) is 6.61 Å². The van der Waals surface area contributed by atoms with E-state index in [1.807, 2.05) is 6.92 Å². The van der Waals surface area contributed by atoms with Gasteiger partial charge in [-0.25, -0.2) is 0 Å². The average Bonchev–Trinajstić information content (AvgIpc) is 2.03. The number of allylic oxidation sites excluding steroid dienone is 2. The summed E-state index contributed by atoms with van der Waals surface area (Å²) in [5.41, 5.74) is 1.34. The number of hydrogen-bond acceptors (Lipinski definition) is 2. The second-order valence-corrected chi connectivity index (χ2v) is 3.97. The molecular weight excluding hydrogens is 176 g/mol. The first-order valence-electron chi connectivity index (χ1n) is 5.35. The summed E-state index contributed by atoms with van der Waals surface area (Å²) in [5.74, 6) is 0.349. The summed E-state index contributed by atoms with van der Waals surface area (Å²) in [6.07, 6.45) is 4.87. The van der Waals surface area contributed by atoms with E-state index in [9.17, 15) is 4.79 Å². The summed E-state index contributed by atoms with van der Waals surface area (Å²) < 4.78 is 4.89. The third-order valence-corrected chi connectivity index (χ3v) is 2.03. The predicted octanol–water partition coefficient (Wildman–Crippen LogP) is 3.32. The van der Waals surface area contributed by atoms with Crippen molar-refractivity contribution in [1.82, 2.24) is 0 Å². The molecule has 0 radical (unpaired) electrons. The van der Waals surface area contributed by atoms with E-state index >= 15 is 0 Å². The molecular formula is C12H22O2. The molecule has 0 saturated carbocycles. The van der Waals surface area contributed by atoms with Crippen molar-refractivity contribution in [3.63, 3.8) is 0 Å². The van der Waals surface area contributed by atoms with E-state index in [-0.39, 0.29) is 5.97 Å². The van der Waals surface area contributed by atoms with Gasteiger partial charge in [0.15, 0.2) is 0 Å². The fourth-order valence-electron chi connectivity index (χ4n) is 1.26. The first-order chi connectivity index (χ1) is 6.56. The summed E-state index contributed by atoms with van der Waals surface area (Å²) >= 11 is 0. The first kappa shape index (κ1) is 13.2. The van der Waals surface area contributed by atoms with E-state index in [0.29, 0.717) is 18.9 Å². The lowest BCUT2D eigenvalue weighted by Crippen LogP contribution is -2.09. The van der Waals surface area contributed by atoms with Crippen LogP contribution in [0.15, 0.2) is 11.6 Å². The normalized spacial score (nSPS) is 12.0. The van der Waals surface area contributed by atoms with Crippen LogP contribution in [0.1, 0.15) is 47.0 Å². The zero-order valence-corrected chi connectivity index (χ0v) is 9.80. The van der Waals surface area contributed by atoms with Crippen molar-refractivity contribution in [3.05, 3.63) is 11.6 Å². The van der Waals surface area contributed by atoms with Crippen molar-refractivity contribution in [3.8, 4) is 0 Å².